The van der Waals surface area contributed by atoms with Gasteiger partial charge in [0, 0.05) is 31.5 Å². The zero-order valence-corrected chi connectivity index (χ0v) is 17.7. The number of nitrogens with one attached hydrogen (secondary N) is 3. The van der Waals surface area contributed by atoms with Gasteiger partial charge in [-0.3, -0.25) is 14.4 Å². The molecule has 162 valence electrons. The molecule has 0 aliphatic rings. The molecule has 0 aliphatic heterocycles. The summed E-state index contributed by atoms with van der Waals surface area (Å²) < 4.78 is 2.56. The molecule has 0 atom stereocenters. The molecule has 0 saturated heterocycles. The van der Waals surface area contributed by atoms with Crippen molar-refractivity contribution in [3.63, 3.8) is 0 Å². The predicted octanol–water partition coefficient (Wildman–Crippen LogP) is 2.54. The largest absolute Gasteiger partial charge is 0.344 e. The Hall–Kier alpha value is -4.40. The molecule has 2 amide bonds. The van der Waals surface area contributed by atoms with Crippen molar-refractivity contribution in [1.82, 2.24) is 14.1 Å². The van der Waals surface area contributed by atoms with E-state index in [1.807, 2.05) is 19.1 Å². The summed E-state index contributed by atoms with van der Waals surface area (Å²) in [4.78, 5) is 52.8. The van der Waals surface area contributed by atoms with Crippen LogP contribution in [-0.2, 0) is 11.8 Å². The lowest BCUT2D eigenvalue weighted by Gasteiger charge is -2.08. The first-order valence-electron chi connectivity index (χ1n) is 9.85. The van der Waals surface area contributed by atoms with Crippen LogP contribution in [0.15, 0.2) is 64.3 Å². The molecule has 0 fully saturated rings. The third-order valence-corrected chi connectivity index (χ3v) is 5.00. The summed E-state index contributed by atoms with van der Waals surface area (Å²) in [6.45, 7) is 3.30. The molecule has 0 aliphatic carbocycles. The van der Waals surface area contributed by atoms with E-state index in [2.05, 4.69) is 15.6 Å². The molecule has 0 spiro atoms. The first kappa shape index (κ1) is 20.9. The Bertz CT molecular complexity index is 1480. The molecular weight excluding hydrogens is 410 g/mol. The van der Waals surface area contributed by atoms with Crippen LogP contribution in [-0.4, -0.2) is 25.9 Å². The van der Waals surface area contributed by atoms with Gasteiger partial charge in [0.15, 0.2) is 0 Å². The number of aromatic nitrogens is 3. The topological polar surface area (TPSA) is 118 Å². The van der Waals surface area contributed by atoms with Gasteiger partial charge in [-0.15, -0.1) is 0 Å². The van der Waals surface area contributed by atoms with Crippen molar-refractivity contribution in [2.24, 2.45) is 7.05 Å². The first-order chi connectivity index (χ1) is 15.2. The summed E-state index contributed by atoms with van der Waals surface area (Å²) in [5, 5.41) is 5.38. The van der Waals surface area contributed by atoms with Crippen LogP contribution in [0, 0.1) is 6.92 Å². The van der Waals surface area contributed by atoms with Gasteiger partial charge < -0.3 is 20.2 Å². The van der Waals surface area contributed by atoms with Gasteiger partial charge in [-0.2, -0.15) is 0 Å². The van der Waals surface area contributed by atoms with Crippen LogP contribution in [0.4, 0.5) is 11.4 Å². The maximum atomic E-state index is 13.1. The van der Waals surface area contributed by atoms with Gasteiger partial charge in [-0.05, 0) is 37.3 Å². The summed E-state index contributed by atoms with van der Waals surface area (Å²) in [6.07, 6.45) is 1.49. The van der Waals surface area contributed by atoms with E-state index in [-0.39, 0.29) is 22.5 Å². The lowest BCUT2D eigenvalue weighted by atomic mass is 10.2. The number of nitrogens with zero attached hydrogens (tertiary/aromatic N) is 2. The predicted molar refractivity (Wildman–Crippen MR) is 123 cm³/mol. The van der Waals surface area contributed by atoms with Gasteiger partial charge in [-0.25, -0.2) is 9.36 Å². The number of H-pyrrole nitrogens is 1. The van der Waals surface area contributed by atoms with Gasteiger partial charge in [0.1, 0.15) is 5.52 Å². The van der Waals surface area contributed by atoms with Crippen LogP contribution >= 0.6 is 0 Å². The first-order valence-corrected chi connectivity index (χ1v) is 9.85. The second kappa shape index (κ2) is 8.03. The summed E-state index contributed by atoms with van der Waals surface area (Å²) in [5.74, 6) is -0.733. The van der Waals surface area contributed by atoms with E-state index in [0.717, 1.165) is 10.1 Å². The number of carbonyl (C=O) groups is 2. The number of hydrogen-bond donors (Lipinski definition) is 3. The third-order valence-electron chi connectivity index (χ3n) is 5.00. The molecular formula is C23H21N5O4. The standard InChI is InChI=1S/C23H21N5O4/c1-13-7-9-17(10-8-13)28-22(31)20-19(26-23(28)32)18(12-27(20)3)21(30)25-16-6-4-5-15(11-16)24-14(2)29/h4-12H,1-3H3,(H,24,29)(H,25,30)(H,26,32). The minimum atomic E-state index is -0.640. The van der Waals surface area contributed by atoms with Crippen LogP contribution in [0.3, 0.4) is 0 Å². The van der Waals surface area contributed by atoms with Gasteiger partial charge >= 0.3 is 5.69 Å². The highest BCUT2D eigenvalue weighted by Crippen LogP contribution is 2.19. The van der Waals surface area contributed by atoms with E-state index in [0.29, 0.717) is 17.1 Å². The average molecular weight is 431 g/mol. The Morgan fingerprint density at radius 2 is 1.62 bits per heavy atom. The van der Waals surface area contributed by atoms with Gasteiger partial charge in [-0.1, -0.05) is 23.8 Å². The molecule has 4 aromatic rings. The highest BCUT2D eigenvalue weighted by molar-refractivity contribution is 6.12. The number of hydrogen-bond acceptors (Lipinski definition) is 4. The van der Waals surface area contributed by atoms with E-state index in [1.54, 1.807) is 43.4 Å². The molecule has 9 heteroatoms. The maximum absolute atomic E-state index is 13.1. The van der Waals surface area contributed by atoms with Gasteiger partial charge in [0.2, 0.25) is 5.91 Å². The van der Waals surface area contributed by atoms with Crippen LogP contribution < -0.4 is 21.9 Å². The van der Waals surface area contributed by atoms with Gasteiger partial charge in [0.25, 0.3) is 11.5 Å². The van der Waals surface area contributed by atoms with Crippen molar-refractivity contribution in [2.45, 2.75) is 13.8 Å². The fourth-order valence-electron chi connectivity index (χ4n) is 3.55. The lowest BCUT2D eigenvalue weighted by Crippen LogP contribution is -2.34. The number of amides is 2. The quantitative estimate of drug-likeness (QED) is 0.460. The van der Waals surface area contributed by atoms with Crippen LogP contribution in [0.2, 0.25) is 0 Å². The molecule has 3 N–H and O–H groups in total. The lowest BCUT2D eigenvalue weighted by molar-refractivity contribution is -0.114. The van der Waals surface area contributed by atoms with E-state index in [4.69, 9.17) is 0 Å². The van der Waals surface area contributed by atoms with E-state index in [9.17, 15) is 19.2 Å². The number of carbonyl (C=O) groups excluding carboxylic acids is 2. The molecule has 32 heavy (non-hydrogen) atoms. The monoisotopic (exact) mass is 431 g/mol. The Balaban J connectivity index is 1.76. The fraction of sp³-hybridized carbons (Fsp3) is 0.130. The van der Waals surface area contributed by atoms with Crippen molar-refractivity contribution in [3.8, 4) is 5.69 Å². The Morgan fingerprint density at radius 3 is 2.28 bits per heavy atom. The van der Waals surface area contributed by atoms with E-state index < -0.39 is 17.2 Å². The highest BCUT2D eigenvalue weighted by Gasteiger charge is 2.20. The summed E-state index contributed by atoms with van der Waals surface area (Å²) in [6, 6.07) is 13.7. The third kappa shape index (κ3) is 3.83. The van der Waals surface area contributed by atoms with E-state index >= 15 is 0 Å². The smallest absolute Gasteiger partial charge is 0.333 e. The SMILES string of the molecule is CC(=O)Nc1cccc(NC(=O)c2cn(C)c3c(=O)n(-c4ccc(C)cc4)c(=O)[nH]c23)c1. The average Bonchev–Trinajstić information content (AvgIpc) is 3.05. The molecule has 4 rings (SSSR count). The zero-order valence-electron chi connectivity index (χ0n) is 17.7. The van der Waals surface area contributed by atoms with Crippen molar-refractivity contribution in [2.75, 3.05) is 10.6 Å². The van der Waals surface area contributed by atoms with Crippen molar-refractivity contribution in [3.05, 3.63) is 86.7 Å². The van der Waals surface area contributed by atoms with Crippen molar-refractivity contribution >= 4 is 34.2 Å². The highest BCUT2D eigenvalue weighted by atomic mass is 16.2. The molecule has 9 nitrogen and oxygen atoms in total. The molecule has 2 aromatic heterocycles. The normalized spacial score (nSPS) is 10.8. The number of aromatic amines is 1. The fourth-order valence-corrected chi connectivity index (χ4v) is 3.55. The maximum Gasteiger partial charge on any atom is 0.333 e. The van der Waals surface area contributed by atoms with Crippen molar-refractivity contribution < 1.29 is 9.59 Å². The number of benzene rings is 2. The summed E-state index contributed by atoms with van der Waals surface area (Å²) in [5.41, 5.74) is 1.75. The summed E-state index contributed by atoms with van der Waals surface area (Å²) in [7, 11) is 1.63. The van der Waals surface area contributed by atoms with Crippen LogP contribution in [0.1, 0.15) is 22.8 Å². The number of rotatable bonds is 4. The minimum Gasteiger partial charge on any atom is -0.344 e. The summed E-state index contributed by atoms with van der Waals surface area (Å²) >= 11 is 0. The molecule has 0 bridgehead atoms. The molecule has 0 saturated carbocycles. The molecule has 2 aromatic carbocycles. The van der Waals surface area contributed by atoms with Crippen LogP contribution in [0.25, 0.3) is 16.7 Å². The molecule has 0 radical (unpaired) electrons. The molecule has 2 heterocycles. The Kier molecular flexibility index (Phi) is 5.23. The van der Waals surface area contributed by atoms with Crippen LogP contribution in [0.5, 0.6) is 0 Å². The minimum absolute atomic E-state index is 0.151. The number of aryl methyl sites for hydroxylation is 2. The second-order valence-electron chi connectivity index (χ2n) is 7.50. The Labute approximate surface area is 182 Å². The van der Waals surface area contributed by atoms with Gasteiger partial charge in [0.05, 0.1) is 16.8 Å². The number of anilines is 2. The Morgan fingerprint density at radius 1 is 0.969 bits per heavy atom. The zero-order chi connectivity index (χ0) is 23.0. The molecule has 0 unspecified atom stereocenters. The second-order valence-corrected chi connectivity index (χ2v) is 7.50. The van der Waals surface area contributed by atoms with E-state index in [1.165, 1.54) is 17.7 Å². The van der Waals surface area contributed by atoms with Crippen molar-refractivity contribution in [1.29, 1.82) is 0 Å². The number of fused-ring (bicyclic) bond motifs is 1.